The molecule has 1 atom stereocenters. The Balaban J connectivity index is 0.000000509. The van der Waals surface area contributed by atoms with Gasteiger partial charge in [-0.25, -0.2) is 24.3 Å². The minimum absolute atomic E-state index is 0. The van der Waals surface area contributed by atoms with Crippen molar-refractivity contribution in [3.8, 4) is 0 Å². The zero-order valence-corrected chi connectivity index (χ0v) is 24.7. The topological polar surface area (TPSA) is 0 Å². The molecule has 2 aromatic carbocycles. The summed E-state index contributed by atoms with van der Waals surface area (Å²) in [6.45, 7) is 19.3. The van der Waals surface area contributed by atoms with Gasteiger partial charge in [0.15, 0.2) is 0 Å². The molecular weight excluding hydrogens is 480 g/mol. The van der Waals surface area contributed by atoms with E-state index in [9.17, 15) is 0 Å². The normalized spacial score (nSPS) is 21.9. The standard InChI is InChI=1S/C28H35Si.C5H5.Fe/c1-18(2)28(23-12-9-10-13-23)17-11-14-24-25(28)15-16-26(24)29(7,8)27-21(5)19(3)20(4)22(27)6;1-2-4-5-3-1;/h9-18,27H,1-8H3;1-5H;/q2*-1;+2. The van der Waals surface area contributed by atoms with Crippen molar-refractivity contribution in [2.75, 3.05) is 0 Å². The Morgan fingerprint density at radius 3 is 1.97 bits per heavy atom. The van der Waals surface area contributed by atoms with Gasteiger partial charge < -0.3 is 0 Å². The van der Waals surface area contributed by atoms with Crippen LogP contribution in [0.1, 0.15) is 47.1 Å². The summed E-state index contributed by atoms with van der Waals surface area (Å²) < 4.78 is 0. The first-order valence-electron chi connectivity index (χ1n) is 12.7. The Morgan fingerprint density at radius 1 is 0.857 bits per heavy atom. The second-order valence-electron chi connectivity index (χ2n) is 11.0. The van der Waals surface area contributed by atoms with E-state index in [-0.39, 0.29) is 22.5 Å². The summed E-state index contributed by atoms with van der Waals surface area (Å²) in [6.07, 6.45) is 12.1. The van der Waals surface area contributed by atoms with E-state index in [1.54, 1.807) is 16.3 Å². The van der Waals surface area contributed by atoms with Gasteiger partial charge in [0, 0.05) is 11.0 Å². The average molecular weight is 521 g/mol. The van der Waals surface area contributed by atoms with Crippen LogP contribution in [0.3, 0.4) is 0 Å². The first-order chi connectivity index (χ1) is 16.1. The fourth-order valence-corrected chi connectivity index (χ4v) is 11.0. The average Bonchev–Trinajstić information content (AvgIpc) is 3.60. The van der Waals surface area contributed by atoms with Crippen LogP contribution in [-0.2, 0) is 22.5 Å². The molecule has 1 unspecified atom stereocenters. The fraction of sp³-hybridized carbons (Fsp3) is 0.333. The molecule has 0 N–H and O–H groups in total. The number of rotatable bonds is 4. The summed E-state index contributed by atoms with van der Waals surface area (Å²) in [5.41, 5.74) is 11.3. The van der Waals surface area contributed by atoms with Crippen LogP contribution < -0.4 is 0 Å². The summed E-state index contributed by atoms with van der Waals surface area (Å²) in [5, 5.41) is 1.62. The minimum Gasteiger partial charge on any atom is -0.214 e. The van der Waals surface area contributed by atoms with E-state index in [2.05, 4.69) is 109 Å². The van der Waals surface area contributed by atoms with E-state index < -0.39 is 8.07 Å². The van der Waals surface area contributed by atoms with Gasteiger partial charge in [-0.3, -0.25) is 0 Å². The third kappa shape index (κ3) is 4.46. The monoisotopic (exact) mass is 520 g/mol. The molecule has 0 fully saturated rings. The summed E-state index contributed by atoms with van der Waals surface area (Å²) in [7, 11) is -1.75. The quantitative estimate of drug-likeness (QED) is 0.278. The molecule has 3 aliphatic carbocycles. The predicted octanol–water partition coefficient (Wildman–Crippen LogP) is 9.37. The van der Waals surface area contributed by atoms with Crippen molar-refractivity contribution in [3.63, 3.8) is 0 Å². The zero-order chi connectivity index (χ0) is 24.7. The molecule has 0 amide bonds. The second kappa shape index (κ2) is 10.5. The summed E-state index contributed by atoms with van der Waals surface area (Å²) >= 11 is 0. The Morgan fingerprint density at radius 2 is 1.49 bits per heavy atom. The minimum atomic E-state index is -1.75. The van der Waals surface area contributed by atoms with E-state index >= 15 is 0 Å². The Hall–Kier alpha value is -2.12. The third-order valence-electron chi connectivity index (χ3n) is 8.70. The van der Waals surface area contributed by atoms with Gasteiger partial charge in [0.1, 0.15) is 0 Å². The maximum Gasteiger partial charge on any atom is 2.00 e. The van der Waals surface area contributed by atoms with Gasteiger partial charge in [-0.05, 0) is 55.9 Å². The van der Waals surface area contributed by atoms with Gasteiger partial charge in [-0.1, -0.05) is 73.7 Å². The van der Waals surface area contributed by atoms with Crippen molar-refractivity contribution in [1.29, 1.82) is 0 Å². The summed E-state index contributed by atoms with van der Waals surface area (Å²) in [4.78, 5) is 0. The van der Waals surface area contributed by atoms with E-state index in [0.29, 0.717) is 11.5 Å². The summed E-state index contributed by atoms with van der Waals surface area (Å²) in [6, 6.07) is 19.0. The molecular formula is C33H40FeSi. The van der Waals surface area contributed by atoms with Crippen LogP contribution in [0.25, 0.3) is 0 Å². The van der Waals surface area contributed by atoms with Crippen LogP contribution in [0.4, 0.5) is 0 Å². The van der Waals surface area contributed by atoms with Crippen LogP contribution in [0.2, 0.25) is 18.6 Å². The molecule has 2 aromatic rings. The van der Waals surface area contributed by atoms with Gasteiger partial charge in [0.25, 0.3) is 0 Å². The first kappa shape index (κ1) is 27.5. The summed E-state index contributed by atoms with van der Waals surface area (Å²) in [5.74, 6) is 0.507. The maximum atomic E-state index is 2.58. The van der Waals surface area contributed by atoms with E-state index in [4.69, 9.17) is 0 Å². The molecule has 184 valence electrons. The van der Waals surface area contributed by atoms with Crippen LogP contribution in [0.5, 0.6) is 0 Å². The molecule has 0 aliphatic heterocycles. The third-order valence-corrected chi connectivity index (χ3v) is 12.8. The smallest absolute Gasteiger partial charge is 0.214 e. The zero-order valence-electron chi connectivity index (χ0n) is 22.6. The van der Waals surface area contributed by atoms with Crippen LogP contribution in [-0.4, -0.2) is 8.07 Å². The fourth-order valence-electron chi connectivity index (χ4n) is 6.63. The van der Waals surface area contributed by atoms with Gasteiger partial charge in [0.05, 0.1) is 8.07 Å². The van der Waals surface area contributed by atoms with Crippen molar-refractivity contribution in [3.05, 3.63) is 129 Å². The van der Waals surface area contributed by atoms with Crippen molar-refractivity contribution in [2.24, 2.45) is 5.92 Å². The van der Waals surface area contributed by atoms with Gasteiger partial charge in [0.2, 0.25) is 0 Å². The van der Waals surface area contributed by atoms with Gasteiger partial charge in [-0.2, -0.15) is 35.9 Å². The second-order valence-corrected chi connectivity index (χ2v) is 15.6. The van der Waals surface area contributed by atoms with E-state index in [1.165, 1.54) is 27.9 Å². The molecule has 0 aromatic heterocycles. The Kier molecular flexibility index (Phi) is 8.22. The van der Waals surface area contributed by atoms with Crippen LogP contribution >= 0.6 is 0 Å². The number of allylic oxidation sites excluding steroid dienone is 12. The number of fused-ring (bicyclic) bond motifs is 1. The number of hydrogen-bond donors (Lipinski definition) is 0. The SMILES string of the molecule is CC1=C(C)C([Si](C)(C)C2=CC=C3C2=CC=CC3(c2ccc[cH-]2)C(C)C)C(C)=C1C.[Fe+2].c1cc[cH-]c1. The molecule has 0 spiro atoms. The molecule has 3 aliphatic rings. The van der Waals surface area contributed by atoms with Gasteiger partial charge in [-0.15, -0.1) is 0 Å². The van der Waals surface area contributed by atoms with E-state index in [1.807, 2.05) is 30.3 Å². The molecule has 2 heteroatoms. The Labute approximate surface area is 225 Å². The molecule has 35 heavy (non-hydrogen) atoms. The van der Waals surface area contributed by atoms with Crippen LogP contribution in [0, 0.1) is 5.92 Å². The first-order valence-corrected chi connectivity index (χ1v) is 15.8. The van der Waals surface area contributed by atoms with Crippen molar-refractivity contribution < 1.29 is 17.1 Å². The van der Waals surface area contributed by atoms with Crippen molar-refractivity contribution in [2.45, 2.75) is 65.6 Å². The molecule has 0 heterocycles. The van der Waals surface area contributed by atoms with Gasteiger partial charge >= 0.3 is 17.1 Å². The number of hydrogen-bond acceptors (Lipinski definition) is 0. The van der Waals surface area contributed by atoms with Crippen molar-refractivity contribution >= 4 is 8.07 Å². The molecule has 0 bridgehead atoms. The van der Waals surface area contributed by atoms with Crippen LogP contribution in [0.15, 0.2) is 124 Å². The Bertz CT molecular complexity index is 1180. The predicted molar refractivity (Wildman–Crippen MR) is 152 cm³/mol. The molecule has 0 saturated carbocycles. The largest absolute Gasteiger partial charge is 2.00 e. The van der Waals surface area contributed by atoms with Crippen molar-refractivity contribution in [1.82, 2.24) is 0 Å². The molecule has 5 rings (SSSR count). The molecule has 0 radical (unpaired) electrons. The molecule has 0 nitrogen and oxygen atoms in total. The molecule has 0 saturated heterocycles. The maximum absolute atomic E-state index is 2.58. The van der Waals surface area contributed by atoms with E-state index in [0.717, 1.165) is 0 Å².